The number of hydrogen-bond donors (Lipinski definition) is 2. The third-order valence-electron chi connectivity index (χ3n) is 3.94. The molecule has 21 heavy (non-hydrogen) atoms. The van der Waals surface area contributed by atoms with Crippen LogP contribution >= 0.6 is 0 Å². The number of anilines is 1. The van der Waals surface area contributed by atoms with E-state index in [1.807, 2.05) is 12.1 Å². The maximum absolute atomic E-state index is 11.3. The molecule has 6 heteroatoms. The second-order valence-electron chi connectivity index (χ2n) is 5.23. The highest BCUT2D eigenvalue weighted by Crippen LogP contribution is 2.20. The summed E-state index contributed by atoms with van der Waals surface area (Å²) in [5.74, 6) is 0.575. The number of primary amides is 1. The zero-order valence-corrected chi connectivity index (χ0v) is 12.7. The Morgan fingerprint density at radius 3 is 2.38 bits per heavy atom. The highest BCUT2D eigenvalue weighted by atomic mass is 16.5. The van der Waals surface area contributed by atoms with Crippen molar-refractivity contribution in [3.05, 3.63) is 24.3 Å². The lowest BCUT2D eigenvalue weighted by atomic mass is 10.2. The van der Waals surface area contributed by atoms with Crippen LogP contribution in [0.3, 0.4) is 0 Å². The normalized spacial score (nSPS) is 17.5. The Kier molecular flexibility index (Phi) is 5.41. The van der Waals surface area contributed by atoms with Crippen LogP contribution < -0.4 is 20.7 Å². The van der Waals surface area contributed by atoms with Gasteiger partial charge >= 0.3 is 0 Å². The van der Waals surface area contributed by atoms with Gasteiger partial charge < -0.3 is 20.7 Å². The second-order valence-corrected chi connectivity index (χ2v) is 5.23. The highest BCUT2D eigenvalue weighted by molar-refractivity contribution is 5.80. The number of methoxy groups -OCH3 is 1. The Morgan fingerprint density at radius 1 is 1.29 bits per heavy atom. The third kappa shape index (κ3) is 4.09. The van der Waals surface area contributed by atoms with Gasteiger partial charge in [-0.15, -0.1) is 0 Å². The standard InChI is InChI=1S/C15H24N4O2/c1-17-14(15(16)20)11-18-7-9-19(10-8-18)12-3-5-13(21-2)6-4-12/h3-6,14,17H,7-11H2,1-2H3,(H2,16,20). The quantitative estimate of drug-likeness (QED) is 0.765. The minimum absolute atomic E-state index is 0.280. The van der Waals surface area contributed by atoms with Gasteiger partial charge in [0, 0.05) is 38.4 Å². The van der Waals surface area contributed by atoms with Crippen molar-refractivity contribution < 1.29 is 9.53 Å². The van der Waals surface area contributed by atoms with Gasteiger partial charge in [0.1, 0.15) is 5.75 Å². The van der Waals surface area contributed by atoms with Crippen LogP contribution in [0, 0.1) is 0 Å². The average molecular weight is 292 g/mol. The molecule has 1 heterocycles. The number of benzene rings is 1. The Bertz CT molecular complexity index is 455. The molecule has 1 unspecified atom stereocenters. The van der Waals surface area contributed by atoms with E-state index in [4.69, 9.17) is 10.5 Å². The molecular formula is C15H24N4O2. The molecule has 1 atom stereocenters. The fourth-order valence-corrected chi connectivity index (χ4v) is 2.56. The van der Waals surface area contributed by atoms with Crippen molar-refractivity contribution in [2.24, 2.45) is 5.73 Å². The fraction of sp³-hybridized carbons (Fsp3) is 0.533. The third-order valence-corrected chi connectivity index (χ3v) is 3.94. The van der Waals surface area contributed by atoms with Gasteiger partial charge in [0.25, 0.3) is 0 Å². The summed E-state index contributed by atoms with van der Waals surface area (Å²) in [6.07, 6.45) is 0. The summed E-state index contributed by atoms with van der Waals surface area (Å²) in [6, 6.07) is 7.83. The van der Waals surface area contributed by atoms with Gasteiger partial charge in [-0.3, -0.25) is 9.69 Å². The average Bonchev–Trinajstić information content (AvgIpc) is 2.53. The molecule has 0 aromatic heterocycles. The molecule has 1 aromatic carbocycles. The number of ether oxygens (including phenoxy) is 1. The number of rotatable bonds is 6. The van der Waals surface area contributed by atoms with Crippen molar-refractivity contribution in [3.63, 3.8) is 0 Å². The second kappa shape index (κ2) is 7.28. The largest absolute Gasteiger partial charge is 0.497 e. The molecule has 1 aliphatic rings. The van der Waals surface area contributed by atoms with Crippen molar-refractivity contribution in [3.8, 4) is 5.75 Å². The van der Waals surface area contributed by atoms with E-state index in [1.165, 1.54) is 5.69 Å². The summed E-state index contributed by atoms with van der Waals surface area (Å²) in [7, 11) is 3.44. The summed E-state index contributed by atoms with van der Waals surface area (Å²) in [6.45, 7) is 4.42. The van der Waals surface area contributed by atoms with E-state index in [0.717, 1.165) is 31.9 Å². The monoisotopic (exact) mass is 292 g/mol. The van der Waals surface area contributed by atoms with Gasteiger partial charge in [-0.2, -0.15) is 0 Å². The number of hydrogen-bond acceptors (Lipinski definition) is 5. The fourth-order valence-electron chi connectivity index (χ4n) is 2.56. The number of likely N-dealkylation sites (N-methyl/N-ethyl adjacent to an activating group) is 1. The van der Waals surface area contributed by atoms with Crippen LogP contribution in [0.15, 0.2) is 24.3 Å². The van der Waals surface area contributed by atoms with Gasteiger partial charge in [-0.25, -0.2) is 0 Å². The molecule has 6 nitrogen and oxygen atoms in total. The molecular weight excluding hydrogens is 268 g/mol. The lowest BCUT2D eigenvalue weighted by Gasteiger charge is -2.37. The van der Waals surface area contributed by atoms with Gasteiger partial charge in [-0.1, -0.05) is 0 Å². The van der Waals surface area contributed by atoms with Crippen molar-refractivity contribution in [1.29, 1.82) is 0 Å². The van der Waals surface area contributed by atoms with E-state index in [-0.39, 0.29) is 11.9 Å². The number of piperazine rings is 1. The van der Waals surface area contributed by atoms with Crippen LogP contribution in [0.25, 0.3) is 0 Å². The molecule has 1 aromatic rings. The Balaban J connectivity index is 1.86. The SMILES string of the molecule is CNC(CN1CCN(c2ccc(OC)cc2)CC1)C(N)=O. The number of nitrogens with two attached hydrogens (primary N) is 1. The van der Waals surface area contributed by atoms with Crippen LogP contribution in [0.1, 0.15) is 0 Å². The lowest BCUT2D eigenvalue weighted by molar-refractivity contribution is -0.120. The molecule has 1 saturated heterocycles. The maximum Gasteiger partial charge on any atom is 0.235 e. The minimum atomic E-state index is -0.296. The Labute approximate surface area is 125 Å². The number of carbonyl (C=O) groups is 1. The smallest absolute Gasteiger partial charge is 0.235 e. The first-order valence-corrected chi connectivity index (χ1v) is 7.22. The molecule has 1 aliphatic heterocycles. The van der Waals surface area contributed by atoms with E-state index < -0.39 is 0 Å². The van der Waals surface area contributed by atoms with Crippen molar-refractivity contribution in [1.82, 2.24) is 10.2 Å². The van der Waals surface area contributed by atoms with Crippen LogP contribution in [0.2, 0.25) is 0 Å². The number of nitrogens with zero attached hydrogens (tertiary/aromatic N) is 2. The van der Waals surface area contributed by atoms with E-state index in [9.17, 15) is 4.79 Å². The number of carbonyl (C=O) groups excluding carboxylic acids is 1. The minimum Gasteiger partial charge on any atom is -0.497 e. The topological polar surface area (TPSA) is 70.8 Å². The summed E-state index contributed by atoms with van der Waals surface area (Å²) in [4.78, 5) is 15.9. The molecule has 2 rings (SSSR count). The van der Waals surface area contributed by atoms with E-state index >= 15 is 0 Å². The predicted molar refractivity (Wildman–Crippen MR) is 83.7 cm³/mol. The summed E-state index contributed by atoms with van der Waals surface area (Å²) >= 11 is 0. The molecule has 116 valence electrons. The number of amides is 1. The Hall–Kier alpha value is -1.79. The van der Waals surface area contributed by atoms with Gasteiger partial charge in [0.2, 0.25) is 5.91 Å². The van der Waals surface area contributed by atoms with Crippen LogP contribution in [-0.2, 0) is 4.79 Å². The zero-order valence-electron chi connectivity index (χ0n) is 12.7. The van der Waals surface area contributed by atoms with Gasteiger partial charge in [-0.05, 0) is 31.3 Å². The molecule has 1 fully saturated rings. The van der Waals surface area contributed by atoms with Crippen LogP contribution in [0.4, 0.5) is 5.69 Å². The van der Waals surface area contributed by atoms with Gasteiger partial charge in [0.05, 0.1) is 13.2 Å². The number of nitrogens with one attached hydrogen (secondary N) is 1. The molecule has 0 saturated carbocycles. The Morgan fingerprint density at radius 2 is 1.90 bits per heavy atom. The van der Waals surface area contributed by atoms with Crippen molar-refractivity contribution >= 4 is 11.6 Å². The van der Waals surface area contributed by atoms with Gasteiger partial charge in [0.15, 0.2) is 0 Å². The molecule has 3 N–H and O–H groups in total. The first kappa shape index (κ1) is 15.6. The van der Waals surface area contributed by atoms with E-state index in [2.05, 4.69) is 27.2 Å². The van der Waals surface area contributed by atoms with E-state index in [0.29, 0.717) is 6.54 Å². The molecule has 0 radical (unpaired) electrons. The predicted octanol–water partition coefficient (Wildman–Crippen LogP) is -0.109. The van der Waals surface area contributed by atoms with Crippen molar-refractivity contribution in [2.45, 2.75) is 6.04 Å². The molecule has 0 bridgehead atoms. The molecule has 1 amide bonds. The van der Waals surface area contributed by atoms with Crippen LogP contribution in [-0.4, -0.2) is 63.7 Å². The van der Waals surface area contributed by atoms with Crippen molar-refractivity contribution in [2.75, 3.05) is 51.8 Å². The molecule has 0 aliphatic carbocycles. The zero-order chi connectivity index (χ0) is 15.2. The summed E-state index contributed by atoms with van der Waals surface area (Å²) in [5, 5.41) is 2.96. The highest BCUT2D eigenvalue weighted by Gasteiger charge is 2.22. The van der Waals surface area contributed by atoms with Crippen LogP contribution in [0.5, 0.6) is 5.75 Å². The first-order chi connectivity index (χ1) is 10.1. The lowest BCUT2D eigenvalue weighted by Crippen LogP contribution is -2.53. The summed E-state index contributed by atoms with van der Waals surface area (Å²) in [5.41, 5.74) is 6.56. The maximum atomic E-state index is 11.3. The molecule has 0 spiro atoms. The van der Waals surface area contributed by atoms with E-state index in [1.54, 1.807) is 14.2 Å². The summed E-state index contributed by atoms with van der Waals surface area (Å²) < 4.78 is 5.17. The first-order valence-electron chi connectivity index (χ1n) is 7.22.